The molecule has 1 aromatic carbocycles. The van der Waals surface area contributed by atoms with E-state index in [4.69, 9.17) is 33.0 Å². The standard InChI is InChI=1S/C13H15Cl2F2NO3/c1-8(13(20)18(4-5-19)7-12(16)17)21-11-3-2-9(14)6-10(11)15/h2-3,6,8,12,19H,4-5,7H2,1H3. The molecule has 0 heterocycles. The maximum atomic E-state index is 12.4. The van der Waals surface area contributed by atoms with Gasteiger partial charge in [-0.1, -0.05) is 23.2 Å². The number of alkyl halides is 2. The zero-order valence-electron chi connectivity index (χ0n) is 11.2. The molecule has 0 aliphatic heterocycles. The van der Waals surface area contributed by atoms with Crippen LogP contribution >= 0.6 is 23.2 Å². The van der Waals surface area contributed by atoms with Crippen molar-refractivity contribution in [3.8, 4) is 5.75 Å². The van der Waals surface area contributed by atoms with Gasteiger partial charge in [0.2, 0.25) is 0 Å². The largest absolute Gasteiger partial charge is 0.479 e. The van der Waals surface area contributed by atoms with Crippen molar-refractivity contribution in [2.75, 3.05) is 19.7 Å². The first kappa shape index (κ1) is 17.9. The maximum absolute atomic E-state index is 12.4. The zero-order valence-corrected chi connectivity index (χ0v) is 12.7. The molecule has 0 aromatic heterocycles. The van der Waals surface area contributed by atoms with Crippen LogP contribution in [0.1, 0.15) is 6.92 Å². The number of rotatable bonds is 7. The van der Waals surface area contributed by atoms with Gasteiger partial charge in [0.1, 0.15) is 5.75 Å². The minimum Gasteiger partial charge on any atom is -0.479 e. The van der Waals surface area contributed by atoms with Crippen LogP contribution in [0, 0.1) is 0 Å². The minimum absolute atomic E-state index is 0.189. The maximum Gasteiger partial charge on any atom is 0.263 e. The SMILES string of the molecule is CC(Oc1ccc(Cl)cc1Cl)C(=O)N(CCO)CC(F)F. The van der Waals surface area contributed by atoms with Gasteiger partial charge in [0.25, 0.3) is 12.3 Å². The molecule has 0 fully saturated rings. The summed E-state index contributed by atoms with van der Waals surface area (Å²) in [7, 11) is 0. The fourth-order valence-electron chi connectivity index (χ4n) is 1.65. The smallest absolute Gasteiger partial charge is 0.263 e. The lowest BCUT2D eigenvalue weighted by atomic mass is 10.3. The zero-order chi connectivity index (χ0) is 16.0. The average molecular weight is 342 g/mol. The molecular weight excluding hydrogens is 327 g/mol. The number of nitrogens with zero attached hydrogens (tertiary/aromatic N) is 1. The molecule has 0 aliphatic rings. The predicted octanol–water partition coefficient (Wildman–Crippen LogP) is 2.85. The van der Waals surface area contributed by atoms with E-state index in [2.05, 4.69) is 0 Å². The summed E-state index contributed by atoms with van der Waals surface area (Å²) in [4.78, 5) is 12.9. The number of hydrogen-bond acceptors (Lipinski definition) is 3. The summed E-state index contributed by atoms with van der Waals surface area (Å²) in [6, 6.07) is 4.46. The Morgan fingerprint density at radius 1 is 1.43 bits per heavy atom. The Kier molecular flexibility index (Phi) is 7.14. The van der Waals surface area contributed by atoms with Crippen molar-refractivity contribution in [3.63, 3.8) is 0 Å². The molecule has 1 unspecified atom stereocenters. The highest BCUT2D eigenvalue weighted by molar-refractivity contribution is 6.35. The number of aliphatic hydroxyl groups excluding tert-OH is 1. The average Bonchev–Trinajstić information content (AvgIpc) is 2.40. The molecule has 1 amide bonds. The number of carbonyl (C=O) groups is 1. The molecule has 118 valence electrons. The summed E-state index contributed by atoms with van der Waals surface area (Å²) in [5.41, 5.74) is 0. The number of halogens is 4. The van der Waals surface area contributed by atoms with Crippen LogP contribution in [0.5, 0.6) is 5.75 Å². The molecule has 0 aliphatic carbocycles. The fourth-order valence-corrected chi connectivity index (χ4v) is 2.10. The second kappa shape index (κ2) is 8.36. The molecule has 0 spiro atoms. The van der Waals surface area contributed by atoms with Crippen LogP contribution in [0.4, 0.5) is 8.78 Å². The van der Waals surface area contributed by atoms with Crippen LogP contribution in [-0.2, 0) is 4.79 Å². The van der Waals surface area contributed by atoms with Crippen molar-refractivity contribution < 1.29 is 23.4 Å². The van der Waals surface area contributed by atoms with Crippen molar-refractivity contribution in [2.45, 2.75) is 19.5 Å². The number of hydrogen-bond donors (Lipinski definition) is 1. The Morgan fingerprint density at radius 2 is 2.10 bits per heavy atom. The van der Waals surface area contributed by atoms with Crippen molar-refractivity contribution in [2.24, 2.45) is 0 Å². The molecule has 21 heavy (non-hydrogen) atoms. The quantitative estimate of drug-likeness (QED) is 0.829. The number of aliphatic hydroxyl groups is 1. The lowest BCUT2D eigenvalue weighted by Crippen LogP contribution is -2.44. The van der Waals surface area contributed by atoms with Crippen molar-refractivity contribution in [1.82, 2.24) is 4.90 Å². The minimum atomic E-state index is -2.69. The molecule has 0 saturated carbocycles. The van der Waals surface area contributed by atoms with E-state index in [9.17, 15) is 13.6 Å². The first-order chi connectivity index (χ1) is 9.85. The lowest BCUT2D eigenvalue weighted by Gasteiger charge is -2.25. The van der Waals surface area contributed by atoms with Crippen molar-refractivity contribution in [1.29, 1.82) is 0 Å². The van der Waals surface area contributed by atoms with E-state index in [0.717, 1.165) is 4.90 Å². The Hall–Kier alpha value is -1.11. The van der Waals surface area contributed by atoms with Gasteiger partial charge < -0.3 is 14.7 Å². The van der Waals surface area contributed by atoms with Crippen molar-refractivity contribution >= 4 is 29.1 Å². The summed E-state index contributed by atoms with van der Waals surface area (Å²) in [6.45, 7) is 0.0582. The first-order valence-corrected chi connectivity index (χ1v) is 6.90. The van der Waals surface area contributed by atoms with E-state index < -0.39 is 31.6 Å². The summed E-state index contributed by atoms with van der Waals surface area (Å²) in [6.07, 6.45) is -3.71. The van der Waals surface area contributed by atoms with E-state index in [1.807, 2.05) is 0 Å². The van der Waals surface area contributed by atoms with Gasteiger partial charge in [-0.25, -0.2) is 8.78 Å². The Balaban J connectivity index is 2.75. The summed E-state index contributed by atoms with van der Waals surface area (Å²) < 4.78 is 30.2. The number of ether oxygens (including phenoxy) is 1. The van der Waals surface area contributed by atoms with E-state index in [0.29, 0.717) is 5.02 Å². The molecule has 1 rings (SSSR count). The van der Waals surface area contributed by atoms with E-state index in [1.165, 1.54) is 25.1 Å². The fraction of sp³-hybridized carbons (Fsp3) is 0.462. The highest BCUT2D eigenvalue weighted by Crippen LogP contribution is 2.28. The van der Waals surface area contributed by atoms with Crippen LogP contribution < -0.4 is 4.74 Å². The van der Waals surface area contributed by atoms with E-state index in [1.54, 1.807) is 0 Å². The van der Waals surface area contributed by atoms with Crippen LogP contribution in [-0.4, -0.2) is 48.1 Å². The number of benzene rings is 1. The lowest BCUT2D eigenvalue weighted by molar-refractivity contribution is -0.140. The summed E-state index contributed by atoms with van der Waals surface area (Å²) in [5.74, 6) is -0.432. The van der Waals surface area contributed by atoms with Gasteiger partial charge in [0.15, 0.2) is 6.10 Å². The van der Waals surface area contributed by atoms with Gasteiger partial charge in [0, 0.05) is 11.6 Å². The predicted molar refractivity (Wildman–Crippen MR) is 76.2 cm³/mol. The molecule has 0 radical (unpaired) electrons. The molecule has 0 bridgehead atoms. The van der Waals surface area contributed by atoms with Crippen LogP contribution in [0.15, 0.2) is 18.2 Å². The highest BCUT2D eigenvalue weighted by Gasteiger charge is 2.24. The second-order valence-electron chi connectivity index (χ2n) is 4.23. The second-order valence-corrected chi connectivity index (χ2v) is 5.08. The van der Waals surface area contributed by atoms with Gasteiger partial charge in [0.05, 0.1) is 18.2 Å². The monoisotopic (exact) mass is 341 g/mol. The van der Waals surface area contributed by atoms with Gasteiger partial charge >= 0.3 is 0 Å². The summed E-state index contributed by atoms with van der Waals surface area (Å²) >= 11 is 11.6. The molecule has 1 atom stereocenters. The summed E-state index contributed by atoms with van der Waals surface area (Å²) in [5, 5.41) is 9.45. The molecular formula is C13H15Cl2F2NO3. The van der Waals surface area contributed by atoms with Gasteiger partial charge in [-0.2, -0.15) is 0 Å². The van der Waals surface area contributed by atoms with E-state index in [-0.39, 0.29) is 17.3 Å². The van der Waals surface area contributed by atoms with E-state index >= 15 is 0 Å². The topological polar surface area (TPSA) is 49.8 Å². The molecule has 0 saturated heterocycles. The first-order valence-electron chi connectivity index (χ1n) is 6.14. The molecule has 8 heteroatoms. The molecule has 4 nitrogen and oxygen atoms in total. The Morgan fingerprint density at radius 3 is 2.62 bits per heavy atom. The molecule has 1 N–H and O–H groups in total. The normalized spacial score (nSPS) is 12.3. The van der Waals surface area contributed by atoms with Crippen molar-refractivity contribution in [3.05, 3.63) is 28.2 Å². The molecule has 1 aromatic rings. The Labute approximate surface area is 131 Å². The third kappa shape index (κ3) is 5.65. The number of amides is 1. The van der Waals surface area contributed by atoms with Gasteiger partial charge in [-0.15, -0.1) is 0 Å². The van der Waals surface area contributed by atoms with Gasteiger partial charge in [-0.05, 0) is 25.1 Å². The van der Waals surface area contributed by atoms with Crippen LogP contribution in [0.3, 0.4) is 0 Å². The number of carbonyl (C=O) groups excluding carboxylic acids is 1. The third-order valence-electron chi connectivity index (χ3n) is 2.59. The van der Waals surface area contributed by atoms with Crippen LogP contribution in [0.25, 0.3) is 0 Å². The third-order valence-corrected chi connectivity index (χ3v) is 3.12. The highest BCUT2D eigenvalue weighted by atomic mass is 35.5. The van der Waals surface area contributed by atoms with Crippen LogP contribution in [0.2, 0.25) is 10.0 Å². The Bertz CT molecular complexity index is 488. The van der Waals surface area contributed by atoms with Gasteiger partial charge in [-0.3, -0.25) is 4.79 Å².